The van der Waals surface area contributed by atoms with Crippen molar-refractivity contribution in [3.63, 3.8) is 0 Å². The van der Waals surface area contributed by atoms with Gasteiger partial charge in [-0.3, -0.25) is 19.7 Å². The molecule has 1 amide bonds. The first-order chi connectivity index (χ1) is 13.9. The van der Waals surface area contributed by atoms with Crippen LogP contribution in [0.4, 0.5) is 15.8 Å². The number of esters is 1. The summed E-state index contributed by atoms with van der Waals surface area (Å²) in [7, 11) is 0. The van der Waals surface area contributed by atoms with Gasteiger partial charge < -0.3 is 9.64 Å². The quantitative estimate of drug-likeness (QED) is 0.290. The van der Waals surface area contributed by atoms with Gasteiger partial charge >= 0.3 is 11.7 Å². The number of halogens is 1. The van der Waals surface area contributed by atoms with Gasteiger partial charge in [-0.1, -0.05) is 36.4 Å². The predicted molar refractivity (Wildman–Crippen MR) is 103 cm³/mol. The molecule has 3 aromatic carbocycles. The minimum atomic E-state index is -0.815. The number of hydrogen-bond donors (Lipinski definition) is 0. The fourth-order valence-electron chi connectivity index (χ4n) is 3.45. The van der Waals surface area contributed by atoms with Crippen LogP contribution in [0.3, 0.4) is 0 Å². The summed E-state index contributed by atoms with van der Waals surface area (Å²) in [6.45, 7) is 0.0782. The number of nitrogens with zero attached hydrogens (tertiary/aromatic N) is 2. The van der Waals surface area contributed by atoms with Crippen molar-refractivity contribution in [3.8, 4) is 5.75 Å². The van der Waals surface area contributed by atoms with Gasteiger partial charge in [0.15, 0.2) is 0 Å². The second-order valence-electron chi connectivity index (χ2n) is 6.69. The van der Waals surface area contributed by atoms with Crippen LogP contribution in [0, 0.1) is 21.8 Å². The zero-order valence-corrected chi connectivity index (χ0v) is 15.1. The molecule has 1 fully saturated rings. The van der Waals surface area contributed by atoms with Crippen LogP contribution in [0.25, 0.3) is 10.8 Å². The van der Waals surface area contributed by atoms with Crippen LogP contribution >= 0.6 is 0 Å². The highest BCUT2D eigenvalue weighted by Gasteiger charge is 2.37. The van der Waals surface area contributed by atoms with Crippen LogP contribution in [0.2, 0.25) is 0 Å². The summed E-state index contributed by atoms with van der Waals surface area (Å²) in [5, 5.41) is 12.9. The Bertz CT molecular complexity index is 1140. The summed E-state index contributed by atoms with van der Waals surface area (Å²) in [4.78, 5) is 36.9. The van der Waals surface area contributed by atoms with E-state index in [4.69, 9.17) is 4.74 Å². The third-order valence-corrected chi connectivity index (χ3v) is 4.84. The molecule has 1 heterocycles. The van der Waals surface area contributed by atoms with Crippen molar-refractivity contribution in [1.82, 2.24) is 0 Å². The molecular formula is C21H15FN2O5. The molecule has 3 aromatic rings. The number of ether oxygens (including phenoxy) is 1. The number of carbonyl (C=O) groups is 2. The van der Waals surface area contributed by atoms with Crippen LogP contribution in [0.15, 0.2) is 60.7 Å². The molecule has 1 atom stereocenters. The van der Waals surface area contributed by atoms with E-state index in [-0.39, 0.29) is 18.9 Å². The molecule has 0 radical (unpaired) electrons. The molecule has 0 N–H and O–H groups in total. The maximum Gasteiger partial charge on any atom is 0.316 e. The highest BCUT2D eigenvalue weighted by atomic mass is 19.1. The summed E-state index contributed by atoms with van der Waals surface area (Å²) in [6.07, 6.45) is -0.0921. The Balaban J connectivity index is 1.58. The monoisotopic (exact) mass is 394 g/mol. The molecule has 0 bridgehead atoms. The molecule has 1 saturated heterocycles. The number of rotatable bonds is 4. The Labute approximate surface area is 164 Å². The van der Waals surface area contributed by atoms with Crippen LogP contribution < -0.4 is 9.64 Å². The minimum Gasteiger partial charge on any atom is -0.419 e. The van der Waals surface area contributed by atoms with E-state index in [0.29, 0.717) is 5.69 Å². The number of anilines is 1. The van der Waals surface area contributed by atoms with E-state index in [1.807, 2.05) is 36.4 Å². The second kappa shape index (κ2) is 7.31. The van der Waals surface area contributed by atoms with Crippen molar-refractivity contribution < 1.29 is 23.6 Å². The smallest absolute Gasteiger partial charge is 0.316 e. The van der Waals surface area contributed by atoms with Gasteiger partial charge in [0.25, 0.3) is 0 Å². The van der Waals surface area contributed by atoms with Crippen LogP contribution in [0.1, 0.15) is 6.42 Å². The Morgan fingerprint density at radius 2 is 1.90 bits per heavy atom. The average molecular weight is 394 g/mol. The summed E-state index contributed by atoms with van der Waals surface area (Å²) >= 11 is 0. The number of carbonyl (C=O) groups excluding carboxylic acids is 2. The van der Waals surface area contributed by atoms with Gasteiger partial charge in [-0.25, -0.2) is 4.39 Å². The number of amides is 1. The van der Waals surface area contributed by atoms with Gasteiger partial charge in [0.1, 0.15) is 5.82 Å². The molecule has 1 aliphatic heterocycles. The fraction of sp³-hybridized carbons (Fsp3) is 0.143. The third-order valence-electron chi connectivity index (χ3n) is 4.84. The molecule has 1 aliphatic rings. The fourth-order valence-corrected chi connectivity index (χ4v) is 3.45. The molecule has 0 saturated carbocycles. The van der Waals surface area contributed by atoms with E-state index >= 15 is 0 Å². The molecule has 7 nitrogen and oxygen atoms in total. The maximum absolute atomic E-state index is 13.5. The lowest BCUT2D eigenvalue weighted by Gasteiger charge is -2.18. The van der Waals surface area contributed by atoms with E-state index < -0.39 is 34.1 Å². The molecule has 0 spiro atoms. The van der Waals surface area contributed by atoms with Gasteiger partial charge in [0.05, 0.1) is 16.5 Å². The van der Waals surface area contributed by atoms with Crippen molar-refractivity contribution in [2.24, 2.45) is 5.92 Å². The standard InChI is InChI=1S/C21H15FN2O5/c22-15-8-9-18(24(27)28)19(11-15)29-21(26)14-10-20(25)23(12-14)17-7-3-5-13-4-1-2-6-16(13)17/h1-9,11,14H,10,12H2/t14-/m0/s1. The first-order valence-electron chi connectivity index (χ1n) is 8.88. The van der Waals surface area contributed by atoms with Crippen molar-refractivity contribution in [2.45, 2.75) is 6.42 Å². The molecule has 0 aliphatic carbocycles. The number of nitro benzene ring substituents is 1. The SMILES string of the molecule is O=C(Oc1cc(F)ccc1[N+](=O)[O-])[C@H]1CC(=O)N(c2cccc3ccccc23)C1. The van der Waals surface area contributed by atoms with Gasteiger partial charge in [-0.15, -0.1) is 0 Å². The molecule has 0 unspecified atom stereocenters. The van der Waals surface area contributed by atoms with E-state index in [1.165, 1.54) is 4.90 Å². The molecule has 29 heavy (non-hydrogen) atoms. The van der Waals surface area contributed by atoms with Gasteiger partial charge in [0.2, 0.25) is 11.7 Å². The topological polar surface area (TPSA) is 89.7 Å². The number of fused-ring (bicyclic) bond motifs is 1. The third kappa shape index (κ3) is 3.52. The Morgan fingerprint density at radius 1 is 1.14 bits per heavy atom. The Hall–Kier alpha value is -3.81. The molecule has 8 heteroatoms. The van der Waals surface area contributed by atoms with Crippen LogP contribution in [-0.2, 0) is 9.59 Å². The lowest BCUT2D eigenvalue weighted by molar-refractivity contribution is -0.385. The van der Waals surface area contributed by atoms with Crippen molar-refractivity contribution in [1.29, 1.82) is 0 Å². The van der Waals surface area contributed by atoms with Crippen LogP contribution in [-0.4, -0.2) is 23.3 Å². The normalized spacial score (nSPS) is 16.2. The summed E-state index contributed by atoms with van der Waals surface area (Å²) in [5.41, 5.74) is 0.162. The molecular weight excluding hydrogens is 379 g/mol. The highest BCUT2D eigenvalue weighted by molar-refractivity contribution is 6.06. The summed E-state index contributed by atoms with van der Waals surface area (Å²) < 4.78 is 18.5. The lowest BCUT2D eigenvalue weighted by atomic mass is 10.1. The Morgan fingerprint density at radius 3 is 2.69 bits per heavy atom. The number of benzene rings is 3. The minimum absolute atomic E-state index is 0.0782. The average Bonchev–Trinajstić information content (AvgIpc) is 3.09. The van der Waals surface area contributed by atoms with E-state index in [2.05, 4.69) is 0 Å². The second-order valence-corrected chi connectivity index (χ2v) is 6.69. The summed E-state index contributed by atoms with van der Waals surface area (Å²) in [5.74, 6) is -3.12. The zero-order valence-electron chi connectivity index (χ0n) is 15.1. The van der Waals surface area contributed by atoms with Crippen molar-refractivity contribution in [2.75, 3.05) is 11.4 Å². The van der Waals surface area contributed by atoms with E-state index in [9.17, 15) is 24.1 Å². The summed E-state index contributed by atoms with van der Waals surface area (Å²) in [6, 6.07) is 15.7. The number of nitro groups is 1. The van der Waals surface area contributed by atoms with Gasteiger partial charge in [0, 0.05) is 30.5 Å². The first-order valence-corrected chi connectivity index (χ1v) is 8.88. The van der Waals surface area contributed by atoms with Gasteiger partial charge in [-0.05, 0) is 17.5 Å². The predicted octanol–water partition coefficient (Wildman–Crippen LogP) is 3.85. The first kappa shape index (κ1) is 18.5. The highest BCUT2D eigenvalue weighted by Crippen LogP contribution is 2.33. The molecule has 4 rings (SSSR count). The van der Waals surface area contributed by atoms with Gasteiger partial charge in [-0.2, -0.15) is 0 Å². The van der Waals surface area contributed by atoms with Crippen molar-refractivity contribution in [3.05, 3.63) is 76.6 Å². The Kier molecular flexibility index (Phi) is 4.67. The zero-order chi connectivity index (χ0) is 20.5. The van der Waals surface area contributed by atoms with E-state index in [0.717, 1.165) is 29.0 Å². The van der Waals surface area contributed by atoms with E-state index in [1.54, 1.807) is 6.07 Å². The lowest BCUT2D eigenvalue weighted by Crippen LogP contribution is -2.27. The van der Waals surface area contributed by atoms with Crippen molar-refractivity contribution >= 4 is 34.0 Å². The number of hydrogen-bond acceptors (Lipinski definition) is 5. The van der Waals surface area contributed by atoms with Crippen LogP contribution in [0.5, 0.6) is 5.75 Å². The maximum atomic E-state index is 13.5. The molecule has 0 aromatic heterocycles. The molecule has 146 valence electrons. The largest absolute Gasteiger partial charge is 0.419 e.